The standard InChI is InChI=1S/C12H14FNO2/c1-2-14-7-11(16-8-12(14)15)9-3-5-10(13)6-4-9/h3-6,11H,2,7-8H2,1H3/t11-/m0/s1. The van der Waals surface area contributed by atoms with E-state index in [1.807, 2.05) is 6.92 Å². The molecule has 1 heterocycles. The molecule has 0 unspecified atom stereocenters. The van der Waals surface area contributed by atoms with Gasteiger partial charge in [-0.25, -0.2) is 4.39 Å². The molecule has 1 fully saturated rings. The van der Waals surface area contributed by atoms with Crippen molar-refractivity contribution in [2.24, 2.45) is 0 Å². The van der Waals surface area contributed by atoms with E-state index in [4.69, 9.17) is 4.74 Å². The average molecular weight is 223 g/mol. The summed E-state index contributed by atoms with van der Waals surface area (Å²) in [6.07, 6.45) is -0.141. The SMILES string of the molecule is CCN1C[C@@H](c2ccc(F)cc2)OCC1=O. The Kier molecular flexibility index (Phi) is 3.19. The highest BCUT2D eigenvalue weighted by atomic mass is 19.1. The van der Waals surface area contributed by atoms with E-state index >= 15 is 0 Å². The molecule has 4 heteroatoms. The van der Waals surface area contributed by atoms with Crippen molar-refractivity contribution in [3.8, 4) is 0 Å². The van der Waals surface area contributed by atoms with Crippen molar-refractivity contribution in [3.63, 3.8) is 0 Å². The first kappa shape index (κ1) is 11.1. The summed E-state index contributed by atoms with van der Waals surface area (Å²) in [5, 5.41) is 0. The van der Waals surface area contributed by atoms with Crippen molar-refractivity contribution in [1.82, 2.24) is 4.90 Å². The number of ether oxygens (including phenoxy) is 1. The van der Waals surface area contributed by atoms with Crippen LogP contribution < -0.4 is 0 Å². The van der Waals surface area contributed by atoms with Crippen molar-refractivity contribution in [2.75, 3.05) is 19.7 Å². The number of carbonyl (C=O) groups excluding carboxylic acids is 1. The second-order valence-electron chi connectivity index (χ2n) is 3.78. The van der Waals surface area contributed by atoms with Gasteiger partial charge in [-0.15, -0.1) is 0 Å². The Balaban J connectivity index is 2.11. The monoisotopic (exact) mass is 223 g/mol. The second kappa shape index (κ2) is 4.61. The number of nitrogens with zero attached hydrogens (tertiary/aromatic N) is 1. The minimum atomic E-state index is -0.261. The van der Waals surface area contributed by atoms with Crippen molar-refractivity contribution in [2.45, 2.75) is 13.0 Å². The lowest BCUT2D eigenvalue weighted by atomic mass is 10.1. The van der Waals surface area contributed by atoms with Gasteiger partial charge in [-0.2, -0.15) is 0 Å². The van der Waals surface area contributed by atoms with E-state index in [1.165, 1.54) is 12.1 Å². The molecule has 0 saturated carbocycles. The van der Waals surface area contributed by atoms with Crippen LogP contribution >= 0.6 is 0 Å². The first-order valence-electron chi connectivity index (χ1n) is 5.35. The zero-order chi connectivity index (χ0) is 11.5. The number of carbonyl (C=O) groups is 1. The number of rotatable bonds is 2. The molecule has 1 aromatic carbocycles. The molecule has 0 radical (unpaired) electrons. The fourth-order valence-electron chi connectivity index (χ4n) is 1.80. The normalized spacial score (nSPS) is 21.2. The van der Waals surface area contributed by atoms with Crippen LogP contribution in [0.3, 0.4) is 0 Å². The Morgan fingerprint density at radius 1 is 1.44 bits per heavy atom. The summed E-state index contributed by atoms with van der Waals surface area (Å²) >= 11 is 0. The molecule has 0 spiro atoms. The maximum Gasteiger partial charge on any atom is 0.248 e. The molecule has 1 amide bonds. The zero-order valence-corrected chi connectivity index (χ0v) is 9.15. The van der Waals surface area contributed by atoms with Gasteiger partial charge in [0, 0.05) is 6.54 Å². The van der Waals surface area contributed by atoms with Gasteiger partial charge >= 0.3 is 0 Å². The molecule has 0 N–H and O–H groups in total. The van der Waals surface area contributed by atoms with Gasteiger partial charge in [0.15, 0.2) is 0 Å². The number of halogens is 1. The van der Waals surface area contributed by atoms with E-state index < -0.39 is 0 Å². The molecular formula is C12H14FNO2. The van der Waals surface area contributed by atoms with Crippen LogP contribution in [-0.2, 0) is 9.53 Å². The topological polar surface area (TPSA) is 29.5 Å². The molecule has 1 aliphatic rings. The van der Waals surface area contributed by atoms with Crippen LogP contribution in [0.15, 0.2) is 24.3 Å². The van der Waals surface area contributed by atoms with Crippen LogP contribution in [0.25, 0.3) is 0 Å². The molecule has 1 atom stereocenters. The van der Waals surface area contributed by atoms with E-state index in [9.17, 15) is 9.18 Å². The van der Waals surface area contributed by atoms with E-state index in [-0.39, 0.29) is 24.4 Å². The summed E-state index contributed by atoms with van der Waals surface area (Å²) in [5.74, 6) is -0.246. The Bertz CT molecular complexity index is 377. The van der Waals surface area contributed by atoms with Crippen LogP contribution in [-0.4, -0.2) is 30.5 Å². The molecule has 1 aliphatic heterocycles. The largest absolute Gasteiger partial charge is 0.362 e. The third-order valence-corrected chi connectivity index (χ3v) is 2.77. The molecule has 1 aromatic rings. The molecule has 86 valence electrons. The molecule has 16 heavy (non-hydrogen) atoms. The third-order valence-electron chi connectivity index (χ3n) is 2.77. The first-order valence-corrected chi connectivity index (χ1v) is 5.35. The number of hydrogen-bond donors (Lipinski definition) is 0. The van der Waals surface area contributed by atoms with Crippen molar-refractivity contribution >= 4 is 5.91 Å². The molecule has 0 aliphatic carbocycles. The van der Waals surface area contributed by atoms with Gasteiger partial charge in [0.25, 0.3) is 0 Å². The van der Waals surface area contributed by atoms with Gasteiger partial charge in [-0.1, -0.05) is 12.1 Å². The summed E-state index contributed by atoms with van der Waals surface area (Å²) in [5.41, 5.74) is 0.910. The zero-order valence-electron chi connectivity index (χ0n) is 9.15. The fraction of sp³-hybridized carbons (Fsp3) is 0.417. The lowest BCUT2D eigenvalue weighted by Crippen LogP contribution is -2.42. The minimum absolute atomic E-state index is 0.0147. The minimum Gasteiger partial charge on any atom is -0.362 e. The van der Waals surface area contributed by atoms with Crippen LogP contribution in [0.4, 0.5) is 4.39 Å². The maximum atomic E-state index is 12.8. The Hall–Kier alpha value is -1.42. The Morgan fingerprint density at radius 3 is 2.75 bits per heavy atom. The van der Waals surface area contributed by atoms with Crippen LogP contribution in [0, 0.1) is 5.82 Å². The highest BCUT2D eigenvalue weighted by Gasteiger charge is 2.25. The highest BCUT2D eigenvalue weighted by Crippen LogP contribution is 2.22. The van der Waals surface area contributed by atoms with Gasteiger partial charge < -0.3 is 9.64 Å². The fourth-order valence-corrected chi connectivity index (χ4v) is 1.80. The van der Waals surface area contributed by atoms with Gasteiger partial charge in [-0.3, -0.25) is 4.79 Å². The highest BCUT2D eigenvalue weighted by molar-refractivity contribution is 5.78. The van der Waals surface area contributed by atoms with Gasteiger partial charge in [0.05, 0.1) is 6.54 Å². The van der Waals surface area contributed by atoms with E-state index in [2.05, 4.69) is 0 Å². The van der Waals surface area contributed by atoms with Crippen molar-refractivity contribution in [1.29, 1.82) is 0 Å². The quantitative estimate of drug-likeness (QED) is 0.764. The summed E-state index contributed by atoms with van der Waals surface area (Å²) in [4.78, 5) is 13.1. The lowest BCUT2D eigenvalue weighted by Gasteiger charge is -2.32. The van der Waals surface area contributed by atoms with E-state index in [0.29, 0.717) is 13.1 Å². The van der Waals surface area contributed by atoms with Crippen LogP contribution in [0.2, 0.25) is 0 Å². The number of amides is 1. The number of hydrogen-bond acceptors (Lipinski definition) is 2. The van der Waals surface area contributed by atoms with Crippen LogP contribution in [0.1, 0.15) is 18.6 Å². The molecule has 2 rings (SSSR count). The second-order valence-corrected chi connectivity index (χ2v) is 3.78. The predicted octanol–water partition coefficient (Wildman–Crippen LogP) is 1.75. The molecular weight excluding hydrogens is 209 g/mol. The van der Waals surface area contributed by atoms with Gasteiger partial charge in [0.2, 0.25) is 5.91 Å². The number of benzene rings is 1. The van der Waals surface area contributed by atoms with Gasteiger partial charge in [0.1, 0.15) is 18.5 Å². The maximum absolute atomic E-state index is 12.8. The third kappa shape index (κ3) is 2.22. The number of likely N-dealkylation sites (N-methyl/N-ethyl adjacent to an activating group) is 1. The van der Waals surface area contributed by atoms with E-state index in [0.717, 1.165) is 5.56 Å². The summed E-state index contributed by atoms with van der Waals surface area (Å²) in [6, 6.07) is 6.21. The predicted molar refractivity (Wildman–Crippen MR) is 57.3 cm³/mol. The summed E-state index contributed by atoms with van der Waals surface area (Å²) < 4.78 is 18.2. The molecule has 3 nitrogen and oxygen atoms in total. The molecule has 1 saturated heterocycles. The van der Waals surface area contributed by atoms with Crippen molar-refractivity contribution < 1.29 is 13.9 Å². The smallest absolute Gasteiger partial charge is 0.248 e. The average Bonchev–Trinajstić information content (AvgIpc) is 2.31. The van der Waals surface area contributed by atoms with Crippen molar-refractivity contribution in [3.05, 3.63) is 35.6 Å². The molecule has 0 aromatic heterocycles. The Morgan fingerprint density at radius 2 is 2.12 bits per heavy atom. The lowest BCUT2D eigenvalue weighted by molar-refractivity contribution is -0.148. The van der Waals surface area contributed by atoms with E-state index in [1.54, 1.807) is 17.0 Å². The molecule has 0 bridgehead atoms. The summed E-state index contributed by atoms with van der Waals surface area (Å²) in [6.45, 7) is 3.27. The Labute approximate surface area is 93.8 Å². The van der Waals surface area contributed by atoms with Crippen LogP contribution in [0.5, 0.6) is 0 Å². The van der Waals surface area contributed by atoms with Gasteiger partial charge in [-0.05, 0) is 24.6 Å². The summed E-state index contributed by atoms with van der Waals surface area (Å²) in [7, 11) is 0. The first-order chi connectivity index (χ1) is 7.70. The number of morpholine rings is 1.